The van der Waals surface area contributed by atoms with Gasteiger partial charge in [0, 0.05) is 31.8 Å². The number of nitro benzene ring substituents is 1. The van der Waals surface area contributed by atoms with E-state index in [1.54, 1.807) is 0 Å². The SMILES string of the molecule is CC(C)C(N)CCN(C)S(=O)(=O)c1ccc([N+](=O)[O-])cc1Cl.Cl. The number of rotatable bonds is 7. The Balaban J connectivity index is 0.00000484. The minimum atomic E-state index is -3.81. The second-order valence-corrected chi connectivity index (χ2v) is 7.82. The molecule has 0 heterocycles. The lowest BCUT2D eigenvalue weighted by Crippen LogP contribution is -2.34. The molecule has 23 heavy (non-hydrogen) atoms. The number of hydrogen-bond acceptors (Lipinski definition) is 5. The second-order valence-electron chi connectivity index (χ2n) is 5.39. The topological polar surface area (TPSA) is 107 Å². The molecule has 0 saturated heterocycles. The fourth-order valence-electron chi connectivity index (χ4n) is 1.76. The van der Waals surface area contributed by atoms with Crippen LogP contribution in [0.5, 0.6) is 0 Å². The Morgan fingerprint density at radius 2 is 1.96 bits per heavy atom. The van der Waals surface area contributed by atoms with Crippen molar-refractivity contribution >= 4 is 39.7 Å². The zero-order valence-electron chi connectivity index (χ0n) is 13.1. The first-order chi connectivity index (χ1) is 10.1. The molecule has 0 aliphatic rings. The largest absolute Gasteiger partial charge is 0.327 e. The van der Waals surface area contributed by atoms with Crippen LogP contribution in [-0.4, -0.2) is 37.3 Å². The monoisotopic (exact) mass is 385 g/mol. The van der Waals surface area contributed by atoms with Crippen molar-refractivity contribution in [2.24, 2.45) is 11.7 Å². The molecule has 1 aromatic carbocycles. The summed E-state index contributed by atoms with van der Waals surface area (Å²) in [6.07, 6.45) is 0.512. The standard InChI is InChI=1S/C13H20ClN3O4S.ClH/c1-9(2)12(15)6-7-16(3)22(20,21)13-5-4-10(17(18)19)8-11(13)14;/h4-5,8-9,12H,6-7,15H2,1-3H3;1H. The van der Waals surface area contributed by atoms with E-state index in [4.69, 9.17) is 17.3 Å². The average molecular weight is 386 g/mol. The summed E-state index contributed by atoms with van der Waals surface area (Å²) in [6, 6.07) is 3.19. The summed E-state index contributed by atoms with van der Waals surface area (Å²) in [4.78, 5) is 9.88. The van der Waals surface area contributed by atoms with Crippen LogP contribution in [-0.2, 0) is 10.0 Å². The number of nitrogens with zero attached hydrogens (tertiary/aromatic N) is 2. The number of nitro groups is 1. The molecule has 0 bridgehead atoms. The van der Waals surface area contributed by atoms with E-state index in [2.05, 4.69) is 0 Å². The van der Waals surface area contributed by atoms with E-state index in [0.717, 1.165) is 22.5 Å². The minimum Gasteiger partial charge on any atom is -0.327 e. The first-order valence-corrected chi connectivity index (χ1v) is 8.55. The highest BCUT2D eigenvalue weighted by molar-refractivity contribution is 7.89. The van der Waals surface area contributed by atoms with Crippen LogP contribution in [0.4, 0.5) is 5.69 Å². The molecule has 10 heteroatoms. The summed E-state index contributed by atoms with van der Waals surface area (Å²) in [6.45, 7) is 4.17. The van der Waals surface area contributed by atoms with E-state index in [0.29, 0.717) is 6.42 Å². The van der Waals surface area contributed by atoms with Gasteiger partial charge in [0.15, 0.2) is 0 Å². The number of benzene rings is 1. The van der Waals surface area contributed by atoms with Crippen molar-refractivity contribution in [3.05, 3.63) is 33.3 Å². The summed E-state index contributed by atoms with van der Waals surface area (Å²) in [7, 11) is -2.38. The maximum absolute atomic E-state index is 12.4. The van der Waals surface area contributed by atoms with Gasteiger partial charge in [-0.1, -0.05) is 25.4 Å². The molecule has 1 aromatic rings. The number of non-ortho nitro benzene ring substituents is 1. The van der Waals surface area contributed by atoms with Gasteiger partial charge < -0.3 is 5.73 Å². The third kappa shape index (κ3) is 5.58. The van der Waals surface area contributed by atoms with Gasteiger partial charge in [-0.25, -0.2) is 12.7 Å². The molecule has 0 fully saturated rings. The Hall–Kier alpha value is -0.930. The third-order valence-corrected chi connectivity index (χ3v) is 5.79. The van der Waals surface area contributed by atoms with E-state index in [9.17, 15) is 18.5 Å². The van der Waals surface area contributed by atoms with Crippen molar-refractivity contribution < 1.29 is 13.3 Å². The molecule has 0 spiro atoms. The molecule has 0 aromatic heterocycles. The first-order valence-electron chi connectivity index (χ1n) is 6.73. The predicted octanol–water partition coefficient (Wildman–Crippen LogP) is 2.66. The van der Waals surface area contributed by atoms with Crippen molar-refractivity contribution in [3.63, 3.8) is 0 Å². The van der Waals surface area contributed by atoms with Crippen molar-refractivity contribution in [2.45, 2.75) is 31.2 Å². The van der Waals surface area contributed by atoms with Crippen LogP contribution in [0, 0.1) is 16.0 Å². The Morgan fingerprint density at radius 1 is 1.39 bits per heavy atom. The molecule has 0 saturated carbocycles. The van der Waals surface area contributed by atoms with Crippen LogP contribution in [0.3, 0.4) is 0 Å². The van der Waals surface area contributed by atoms with Crippen LogP contribution in [0.15, 0.2) is 23.1 Å². The predicted molar refractivity (Wildman–Crippen MR) is 92.6 cm³/mol. The molecule has 1 unspecified atom stereocenters. The van der Waals surface area contributed by atoms with Gasteiger partial charge in [-0.3, -0.25) is 10.1 Å². The molecular formula is C13H21Cl2N3O4S. The van der Waals surface area contributed by atoms with Crippen LogP contribution in [0.1, 0.15) is 20.3 Å². The van der Waals surface area contributed by atoms with Gasteiger partial charge in [-0.15, -0.1) is 12.4 Å². The van der Waals surface area contributed by atoms with Crippen molar-refractivity contribution in [1.82, 2.24) is 4.31 Å². The lowest BCUT2D eigenvalue weighted by molar-refractivity contribution is -0.384. The quantitative estimate of drug-likeness (QED) is 0.573. The van der Waals surface area contributed by atoms with Crippen LogP contribution in [0.25, 0.3) is 0 Å². The van der Waals surface area contributed by atoms with Crippen molar-refractivity contribution in [1.29, 1.82) is 0 Å². The zero-order chi connectivity index (χ0) is 17.1. The Kier molecular flexibility index (Phi) is 8.44. The molecule has 1 atom stereocenters. The summed E-state index contributed by atoms with van der Waals surface area (Å²) >= 11 is 5.88. The minimum absolute atomic E-state index is 0. The van der Waals surface area contributed by atoms with E-state index in [1.807, 2.05) is 13.8 Å². The van der Waals surface area contributed by atoms with Crippen molar-refractivity contribution in [2.75, 3.05) is 13.6 Å². The van der Waals surface area contributed by atoms with Crippen LogP contribution >= 0.6 is 24.0 Å². The van der Waals surface area contributed by atoms with E-state index >= 15 is 0 Å². The molecule has 0 amide bonds. The molecule has 2 N–H and O–H groups in total. The molecule has 7 nitrogen and oxygen atoms in total. The summed E-state index contributed by atoms with van der Waals surface area (Å²) in [5, 5.41) is 10.5. The Morgan fingerprint density at radius 3 is 2.39 bits per heavy atom. The normalized spacial score (nSPS) is 13.0. The van der Waals surface area contributed by atoms with Crippen LogP contribution in [0.2, 0.25) is 5.02 Å². The number of nitrogens with two attached hydrogens (primary N) is 1. The summed E-state index contributed by atoms with van der Waals surface area (Å²) in [5.41, 5.74) is 5.65. The number of sulfonamides is 1. The van der Waals surface area contributed by atoms with Gasteiger partial charge in [0.2, 0.25) is 10.0 Å². The Bertz CT molecular complexity index is 653. The fraction of sp³-hybridized carbons (Fsp3) is 0.538. The maximum Gasteiger partial charge on any atom is 0.271 e. The molecule has 0 aliphatic heterocycles. The first kappa shape index (κ1) is 22.1. The van der Waals surface area contributed by atoms with Crippen molar-refractivity contribution in [3.8, 4) is 0 Å². The lowest BCUT2D eigenvalue weighted by atomic mass is 10.0. The van der Waals surface area contributed by atoms with Gasteiger partial charge in [0.25, 0.3) is 5.69 Å². The number of halogens is 2. The average Bonchev–Trinajstić information content (AvgIpc) is 2.43. The third-order valence-electron chi connectivity index (χ3n) is 3.45. The molecule has 0 aliphatic carbocycles. The molecule has 0 radical (unpaired) electrons. The van der Waals surface area contributed by atoms with Gasteiger partial charge in [0.05, 0.1) is 9.95 Å². The zero-order valence-corrected chi connectivity index (χ0v) is 15.5. The van der Waals surface area contributed by atoms with Gasteiger partial charge in [-0.05, 0) is 18.4 Å². The highest BCUT2D eigenvalue weighted by Gasteiger charge is 2.25. The highest BCUT2D eigenvalue weighted by atomic mass is 35.5. The molecule has 132 valence electrons. The lowest BCUT2D eigenvalue weighted by Gasteiger charge is -2.21. The smallest absolute Gasteiger partial charge is 0.271 e. The number of hydrogen-bond donors (Lipinski definition) is 1. The van der Waals surface area contributed by atoms with E-state index < -0.39 is 14.9 Å². The fourth-order valence-corrected chi connectivity index (χ4v) is 3.46. The summed E-state index contributed by atoms with van der Waals surface area (Å²) in [5.74, 6) is 0.249. The second kappa shape index (κ2) is 8.79. The highest BCUT2D eigenvalue weighted by Crippen LogP contribution is 2.28. The van der Waals surface area contributed by atoms with E-state index in [-0.39, 0.29) is 46.5 Å². The van der Waals surface area contributed by atoms with Gasteiger partial charge in [-0.2, -0.15) is 0 Å². The Labute approximate surface area is 147 Å². The van der Waals surface area contributed by atoms with E-state index in [1.165, 1.54) is 7.05 Å². The van der Waals surface area contributed by atoms with Crippen LogP contribution < -0.4 is 5.73 Å². The van der Waals surface area contributed by atoms with Gasteiger partial charge in [0.1, 0.15) is 4.90 Å². The molecule has 1 rings (SSSR count). The molecular weight excluding hydrogens is 365 g/mol. The summed E-state index contributed by atoms with van der Waals surface area (Å²) < 4.78 is 26.0. The van der Waals surface area contributed by atoms with Gasteiger partial charge >= 0.3 is 0 Å². The maximum atomic E-state index is 12.4.